The smallest absolute Gasteiger partial charge is 0.219 e. The maximum Gasteiger partial charge on any atom is 0.219 e. The summed E-state index contributed by atoms with van der Waals surface area (Å²) in [6.45, 7) is 8.60. The van der Waals surface area contributed by atoms with Gasteiger partial charge < -0.3 is 15.0 Å². The Morgan fingerprint density at radius 1 is 1.15 bits per heavy atom. The van der Waals surface area contributed by atoms with E-state index in [1.54, 1.807) is 6.92 Å². The molecule has 0 aliphatic carbocycles. The summed E-state index contributed by atoms with van der Waals surface area (Å²) in [6, 6.07) is 0.655. The molecule has 1 saturated heterocycles. The summed E-state index contributed by atoms with van der Waals surface area (Å²) in [4.78, 5) is 13.5. The van der Waals surface area contributed by atoms with Gasteiger partial charge in [-0.2, -0.15) is 0 Å². The van der Waals surface area contributed by atoms with Gasteiger partial charge >= 0.3 is 0 Å². The van der Waals surface area contributed by atoms with Crippen LogP contribution in [0.3, 0.4) is 0 Å². The molecule has 1 amide bonds. The van der Waals surface area contributed by atoms with Crippen molar-refractivity contribution in [1.82, 2.24) is 10.2 Å². The van der Waals surface area contributed by atoms with Crippen LogP contribution in [0, 0.1) is 0 Å². The van der Waals surface area contributed by atoms with E-state index < -0.39 is 0 Å². The van der Waals surface area contributed by atoms with E-state index in [-0.39, 0.29) is 5.91 Å². The topological polar surface area (TPSA) is 41.6 Å². The average Bonchev–Trinajstić information content (AvgIpc) is 2.46. The first kappa shape index (κ1) is 17.4. The minimum atomic E-state index is 0.221. The minimum Gasteiger partial charge on any atom is -0.381 e. The van der Waals surface area contributed by atoms with Gasteiger partial charge in [0.15, 0.2) is 0 Å². The van der Waals surface area contributed by atoms with E-state index in [4.69, 9.17) is 4.74 Å². The summed E-state index contributed by atoms with van der Waals surface area (Å²) < 4.78 is 5.35. The Kier molecular flexibility index (Phi) is 9.67. The van der Waals surface area contributed by atoms with E-state index in [1.807, 2.05) is 4.90 Å². The fraction of sp³-hybridized carbons (Fsp3) is 0.938. The number of hydrogen-bond donors (Lipinski definition) is 1. The second kappa shape index (κ2) is 11.1. The average molecular weight is 284 g/mol. The number of carbonyl (C=O) groups excluding carboxylic acids is 1. The maximum absolute atomic E-state index is 11.5. The highest BCUT2D eigenvalue weighted by molar-refractivity contribution is 5.73. The van der Waals surface area contributed by atoms with Gasteiger partial charge in [0.25, 0.3) is 0 Å². The molecule has 1 aliphatic heterocycles. The van der Waals surface area contributed by atoms with Crippen molar-refractivity contribution in [3.63, 3.8) is 0 Å². The number of carbonyl (C=O) groups is 1. The molecule has 0 spiro atoms. The molecule has 1 heterocycles. The third kappa shape index (κ3) is 7.85. The van der Waals surface area contributed by atoms with Crippen molar-refractivity contribution in [2.75, 3.05) is 32.8 Å². The summed E-state index contributed by atoms with van der Waals surface area (Å²) in [5.74, 6) is 0.221. The van der Waals surface area contributed by atoms with E-state index in [0.717, 1.165) is 65.0 Å². The van der Waals surface area contributed by atoms with Crippen molar-refractivity contribution >= 4 is 5.91 Å². The van der Waals surface area contributed by atoms with Gasteiger partial charge in [-0.05, 0) is 38.6 Å². The van der Waals surface area contributed by atoms with E-state index in [1.165, 1.54) is 12.8 Å². The Morgan fingerprint density at radius 2 is 1.85 bits per heavy atom. The predicted molar refractivity (Wildman–Crippen MR) is 82.9 cm³/mol. The van der Waals surface area contributed by atoms with Gasteiger partial charge in [0.2, 0.25) is 5.91 Å². The molecule has 0 aromatic heterocycles. The molecule has 4 nitrogen and oxygen atoms in total. The van der Waals surface area contributed by atoms with Crippen LogP contribution in [0.5, 0.6) is 0 Å². The van der Waals surface area contributed by atoms with E-state index >= 15 is 0 Å². The van der Waals surface area contributed by atoms with Gasteiger partial charge in [0.1, 0.15) is 0 Å². The van der Waals surface area contributed by atoms with Crippen LogP contribution in [0.4, 0.5) is 0 Å². The van der Waals surface area contributed by atoms with Gasteiger partial charge in [-0.3, -0.25) is 4.79 Å². The lowest BCUT2D eigenvalue weighted by molar-refractivity contribution is -0.129. The highest BCUT2D eigenvalue weighted by Crippen LogP contribution is 2.07. The molecule has 1 N–H and O–H groups in total. The molecule has 0 unspecified atom stereocenters. The fourth-order valence-electron chi connectivity index (χ4n) is 2.59. The molecule has 20 heavy (non-hydrogen) atoms. The van der Waals surface area contributed by atoms with Crippen molar-refractivity contribution in [3.8, 4) is 0 Å². The van der Waals surface area contributed by atoms with Crippen LogP contribution in [-0.4, -0.2) is 49.7 Å². The van der Waals surface area contributed by atoms with Crippen LogP contribution in [-0.2, 0) is 9.53 Å². The molecular formula is C16H32N2O2. The zero-order valence-electron chi connectivity index (χ0n) is 13.3. The molecule has 0 atom stereocenters. The normalized spacial score (nSPS) is 16.3. The Labute approximate surface area is 124 Å². The lowest BCUT2D eigenvalue weighted by Crippen LogP contribution is -2.35. The Morgan fingerprint density at radius 3 is 2.50 bits per heavy atom. The minimum absolute atomic E-state index is 0.221. The third-order valence-electron chi connectivity index (χ3n) is 3.99. The highest BCUT2D eigenvalue weighted by Gasteiger charge is 2.12. The monoisotopic (exact) mass is 284 g/mol. The SMILES string of the molecule is CCCCN(CCCCCNC1CCOCC1)C(C)=O. The molecule has 1 fully saturated rings. The molecule has 1 aliphatic rings. The van der Waals surface area contributed by atoms with Crippen molar-refractivity contribution in [2.45, 2.75) is 64.8 Å². The van der Waals surface area contributed by atoms with Gasteiger partial charge in [-0.15, -0.1) is 0 Å². The molecule has 4 heteroatoms. The Balaban J connectivity index is 1.97. The molecule has 0 radical (unpaired) electrons. The first-order valence-electron chi connectivity index (χ1n) is 8.30. The number of unbranched alkanes of at least 4 members (excludes halogenated alkanes) is 3. The molecule has 0 aromatic carbocycles. The first-order valence-corrected chi connectivity index (χ1v) is 8.30. The molecular weight excluding hydrogens is 252 g/mol. The number of hydrogen-bond acceptors (Lipinski definition) is 3. The maximum atomic E-state index is 11.5. The number of nitrogens with one attached hydrogen (secondary N) is 1. The molecule has 0 aromatic rings. The fourth-order valence-corrected chi connectivity index (χ4v) is 2.59. The highest BCUT2D eigenvalue weighted by atomic mass is 16.5. The van der Waals surface area contributed by atoms with Crippen LogP contribution in [0.1, 0.15) is 58.8 Å². The number of nitrogens with zero attached hydrogens (tertiary/aromatic N) is 1. The molecule has 0 saturated carbocycles. The van der Waals surface area contributed by atoms with Crippen molar-refractivity contribution in [3.05, 3.63) is 0 Å². The summed E-state index contributed by atoms with van der Waals surface area (Å²) in [5.41, 5.74) is 0. The molecule has 1 rings (SSSR count). The van der Waals surface area contributed by atoms with E-state index in [2.05, 4.69) is 12.2 Å². The predicted octanol–water partition coefficient (Wildman–Crippen LogP) is 2.57. The first-order chi connectivity index (χ1) is 9.74. The number of amides is 1. The van der Waals surface area contributed by atoms with Crippen LogP contribution in [0.25, 0.3) is 0 Å². The van der Waals surface area contributed by atoms with Gasteiger partial charge in [0.05, 0.1) is 0 Å². The van der Waals surface area contributed by atoms with E-state index in [9.17, 15) is 4.79 Å². The lowest BCUT2D eigenvalue weighted by atomic mass is 10.1. The zero-order chi connectivity index (χ0) is 14.6. The molecule has 118 valence electrons. The Bertz CT molecular complexity index is 253. The van der Waals surface area contributed by atoms with Crippen molar-refractivity contribution in [2.24, 2.45) is 0 Å². The second-order valence-electron chi connectivity index (χ2n) is 5.76. The standard InChI is InChI=1S/C16H32N2O2/c1-3-4-11-18(15(2)19)12-7-5-6-10-17-16-8-13-20-14-9-16/h16-17H,3-14H2,1-2H3. The largest absolute Gasteiger partial charge is 0.381 e. The van der Waals surface area contributed by atoms with Crippen molar-refractivity contribution < 1.29 is 9.53 Å². The van der Waals surface area contributed by atoms with Gasteiger partial charge in [-0.25, -0.2) is 0 Å². The van der Waals surface area contributed by atoms with Gasteiger partial charge in [0, 0.05) is 39.3 Å². The van der Waals surface area contributed by atoms with Crippen LogP contribution in [0.2, 0.25) is 0 Å². The summed E-state index contributed by atoms with van der Waals surface area (Å²) in [7, 11) is 0. The lowest BCUT2D eigenvalue weighted by Gasteiger charge is -2.23. The summed E-state index contributed by atoms with van der Waals surface area (Å²) in [6.07, 6.45) is 8.09. The van der Waals surface area contributed by atoms with Gasteiger partial charge in [-0.1, -0.05) is 19.8 Å². The summed E-state index contributed by atoms with van der Waals surface area (Å²) >= 11 is 0. The quantitative estimate of drug-likeness (QED) is 0.627. The number of rotatable bonds is 10. The van der Waals surface area contributed by atoms with Crippen molar-refractivity contribution in [1.29, 1.82) is 0 Å². The zero-order valence-corrected chi connectivity index (χ0v) is 13.3. The second-order valence-corrected chi connectivity index (χ2v) is 5.76. The third-order valence-corrected chi connectivity index (χ3v) is 3.99. The number of ether oxygens (including phenoxy) is 1. The summed E-state index contributed by atoms with van der Waals surface area (Å²) in [5, 5.41) is 3.61. The van der Waals surface area contributed by atoms with Crippen LogP contribution < -0.4 is 5.32 Å². The van der Waals surface area contributed by atoms with Crippen LogP contribution >= 0.6 is 0 Å². The molecule has 0 bridgehead atoms. The van der Waals surface area contributed by atoms with Crippen LogP contribution in [0.15, 0.2) is 0 Å². The Hall–Kier alpha value is -0.610. The van der Waals surface area contributed by atoms with E-state index in [0.29, 0.717) is 6.04 Å².